The van der Waals surface area contributed by atoms with E-state index < -0.39 is 11.9 Å². The molecule has 0 spiro atoms. The fourth-order valence-corrected chi connectivity index (χ4v) is 3.08. The first-order valence-electron chi connectivity index (χ1n) is 4.99. The second-order valence-electron chi connectivity index (χ2n) is 3.57. The third kappa shape index (κ3) is 2.62. The van der Waals surface area contributed by atoms with E-state index in [-0.39, 0.29) is 5.56 Å². The van der Waals surface area contributed by atoms with E-state index in [9.17, 15) is 9.50 Å². The van der Waals surface area contributed by atoms with Crippen molar-refractivity contribution in [3.63, 3.8) is 0 Å². The van der Waals surface area contributed by atoms with Gasteiger partial charge in [0.2, 0.25) is 0 Å². The molecule has 1 aromatic carbocycles. The van der Waals surface area contributed by atoms with E-state index in [1.807, 2.05) is 0 Å². The minimum absolute atomic E-state index is 0.132. The lowest BCUT2D eigenvalue weighted by molar-refractivity contribution is 0.215. The average molecular weight is 307 g/mol. The predicted molar refractivity (Wildman–Crippen MR) is 71.4 cm³/mol. The van der Waals surface area contributed by atoms with Gasteiger partial charge in [-0.15, -0.1) is 11.3 Å². The SMILES string of the molecule is COc1ccc(C(O)c2cc(Cl)sc2Cl)c(F)c1. The van der Waals surface area contributed by atoms with Crippen LogP contribution in [0, 0.1) is 5.82 Å². The van der Waals surface area contributed by atoms with Gasteiger partial charge in [0, 0.05) is 17.2 Å². The lowest BCUT2D eigenvalue weighted by Crippen LogP contribution is -2.02. The zero-order valence-electron chi connectivity index (χ0n) is 9.28. The standard InChI is InChI=1S/C12H9Cl2FO2S/c1-17-6-2-3-7(9(15)4-6)11(16)8-5-10(13)18-12(8)14/h2-5,11,16H,1H3. The molecule has 18 heavy (non-hydrogen) atoms. The number of hydrogen-bond donors (Lipinski definition) is 1. The van der Waals surface area contributed by atoms with Crippen LogP contribution in [-0.4, -0.2) is 12.2 Å². The fraction of sp³-hybridized carbons (Fsp3) is 0.167. The van der Waals surface area contributed by atoms with Crippen LogP contribution in [0.2, 0.25) is 8.67 Å². The van der Waals surface area contributed by atoms with E-state index in [0.717, 1.165) is 11.3 Å². The Kier molecular flexibility index (Phi) is 4.12. The van der Waals surface area contributed by atoms with E-state index in [2.05, 4.69) is 0 Å². The van der Waals surface area contributed by atoms with Crippen LogP contribution in [-0.2, 0) is 0 Å². The summed E-state index contributed by atoms with van der Waals surface area (Å²) < 4.78 is 19.5. The van der Waals surface area contributed by atoms with Crippen molar-refractivity contribution in [2.75, 3.05) is 7.11 Å². The molecule has 2 nitrogen and oxygen atoms in total. The van der Waals surface area contributed by atoms with Crippen molar-refractivity contribution in [2.24, 2.45) is 0 Å². The van der Waals surface area contributed by atoms with Gasteiger partial charge in [0.05, 0.1) is 11.4 Å². The minimum Gasteiger partial charge on any atom is -0.497 e. The molecular formula is C12H9Cl2FO2S. The molecule has 0 amide bonds. The molecule has 0 aliphatic rings. The maximum absolute atomic E-state index is 13.8. The minimum atomic E-state index is -1.15. The van der Waals surface area contributed by atoms with Crippen LogP contribution in [0.5, 0.6) is 5.75 Å². The van der Waals surface area contributed by atoms with E-state index in [0.29, 0.717) is 20.0 Å². The van der Waals surface area contributed by atoms with Crippen molar-refractivity contribution in [1.29, 1.82) is 0 Å². The van der Waals surface area contributed by atoms with Crippen molar-refractivity contribution < 1.29 is 14.2 Å². The number of ether oxygens (including phenoxy) is 1. The number of aliphatic hydroxyl groups excluding tert-OH is 1. The maximum Gasteiger partial charge on any atom is 0.133 e. The zero-order valence-corrected chi connectivity index (χ0v) is 11.6. The summed E-state index contributed by atoms with van der Waals surface area (Å²) in [5.41, 5.74) is 0.530. The Morgan fingerprint density at radius 1 is 1.28 bits per heavy atom. The molecule has 0 fully saturated rings. The molecule has 1 heterocycles. The first-order chi connectivity index (χ1) is 8.52. The molecule has 96 valence electrons. The molecule has 1 N–H and O–H groups in total. The lowest BCUT2D eigenvalue weighted by atomic mass is 10.0. The molecular weight excluding hydrogens is 298 g/mol. The van der Waals surface area contributed by atoms with Crippen molar-refractivity contribution in [3.05, 3.63) is 49.9 Å². The van der Waals surface area contributed by atoms with E-state index in [1.165, 1.54) is 25.3 Å². The van der Waals surface area contributed by atoms with Gasteiger partial charge >= 0.3 is 0 Å². The van der Waals surface area contributed by atoms with Gasteiger partial charge < -0.3 is 9.84 Å². The number of thiophene rings is 1. The van der Waals surface area contributed by atoms with Gasteiger partial charge in [-0.1, -0.05) is 23.2 Å². The Balaban J connectivity index is 2.39. The number of methoxy groups -OCH3 is 1. The van der Waals surface area contributed by atoms with E-state index in [4.69, 9.17) is 27.9 Å². The lowest BCUT2D eigenvalue weighted by Gasteiger charge is -2.12. The highest BCUT2D eigenvalue weighted by molar-refractivity contribution is 7.20. The number of benzene rings is 1. The van der Waals surface area contributed by atoms with Crippen LogP contribution in [0.4, 0.5) is 4.39 Å². The van der Waals surface area contributed by atoms with Gasteiger partial charge in [-0.05, 0) is 18.2 Å². The number of halogens is 3. The van der Waals surface area contributed by atoms with Gasteiger partial charge in [-0.3, -0.25) is 0 Å². The first-order valence-corrected chi connectivity index (χ1v) is 6.56. The van der Waals surface area contributed by atoms with Crippen LogP contribution in [0.15, 0.2) is 24.3 Å². The Labute approximate surface area is 118 Å². The molecule has 2 rings (SSSR count). The number of hydrogen-bond acceptors (Lipinski definition) is 3. The summed E-state index contributed by atoms with van der Waals surface area (Å²) in [6, 6.07) is 5.77. The van der Waals surface area contributed by atoms with Crippen LogP contribution in [0.3, 0.4) is 0 Å². The summed E-state index contributed by atoms with van der Waals surface area (Å²) in [4.78, 5) is 0. The molecule has 0 saturated heterocycles. The summed E-state index contributed by atoms with van der Waals surface area (Å²) in [5, 5.41) is 10.1. The molecule has 0 aliphatic heterocycles. The van der Waals surface area contributed by atoms with Crippen molar-refractivity contribution in [3.8, 4) is 5.75 Å². The second kappa shape index (κ2) is 5.45. The van der Waals surface area contributed by atoms with Gasteiger partial charge in [0.25, 0.3) is 0 Å². The van der Waals surface area contributed by atoms with Gasteiger partial charge in [0.1, 0.15) is 22.0 Å². The molecule has 0 aliphatic carbocycles. The van der Waals surface area contributed by atoms with E-state index in [1.54, 1.807) is 6.07 Å². The predicted octanol–water partition coefficient (Wildman–Crippen LogP) is 4.28. The molecule has 0 bridgehead atoms. The van der Waals surface area contributed by atoms with Crippen molar-refractivity contribution in [1.82, 2.24) is 0 Å². The molecule has 1 aromatic heterocycles. The highest BCUT2D eigenvalue weighted by Gasteiger charge is 2.20. The number of rotatable bonds is 3. The largest absolute Gasteiger partial charge is 0.497 e. The quantitative estimate of drug-likeness (QED) is 0.917. The molecule has 6 heteroatoms. The van der Waals surface area contributed by atoms with Crippen LogP contribution in [0.1, 0.15) is 17.2 Å². The summed E-state index contributed by atoms with van der Waals surface area (Å²) in [5.74, 6) is -0.168. The average Bonchev–Trinajstić information content (AvgIpc) is 2.67. The Bertz CT molecular complexity index is 571. The summed E-state index contributed by atoms with van der Waals surface area (Å²) >= 11 is 12.9. The summed E-state index contributed by atoms with van der Waals surface area (Å²) in [6.45, 7) is 0. The molecule has 1 unspecified atom stereocenters. The third-order valence-corrected chi connectivity index (χ3v) is 4.00. The van der Waals surface area contributed by atoms with Crippen LogP contribution < -0.4 is 4.74 Å². The summed E-state index contributed by atoms with van der Waals surface area (Å²) in [6.07, 6.45) is -1.15. The monoisotopic (exact) mass is 306 g/mol. The van der Waals surface area contributed by atoms with Crippen LogP contribution >= 0.6 is 34.5 Å². The highest BCUT2D eigenvalue weighted by Crippen LogP contribution is 2.38. The maximum atomic E-state index is 13.8. The molecule has 2 aromatic rings. The van der Waals surface area contributed by atoms with Gasteiger partial charge in [0.15, 0.2) is 0 Å². The third-order valence-electron chi connectivity index (χ3n) is 2.48. The number of aliphatic hydroxyl groups is 1. The highest BCUT2D eigenvalue weighted by atomic mass is 35.5. The van der Waals surface area contributed by atoms with E-state index >= 15 is 0 Å². The Hall–Kier alpha value is -0.810. The topological polar surface area (TPSA) is 29.5 Å². The summed E-state index contributed by atoms with van der Waals surface area (Å²) in [7, 11) is 1.44. The molecule has 0 radical (unpaired) electrons. The smallest absolute Gasteiger partial charge is 0.133 e. The second-order valence-corrected chi connectivity index (χ2v) is 5.86. The van der Waals surface area contributed by atoms with Crippen molar-refractivity contribution >= 4 is 34.5 Å². The zero-order chi connectivity index (χ0) is 13.3. The van der Waals surface area contributed by atoms with Gasteiger partial charge in [-0.25, -0.2) is 4.39 Å². The fourth-order valence-electron chi connectivity index (χ4n) is 1.56. The van der Waals surface area contributed by atoms with Crippen molar-refractivity contribution in [2.45, 2.75) is 6.10 Å². The molecule has 1 atom stereocenters. The normalized spacial score (nSPS) is 12.5. The Morgan fingerprint density at radius 3 is 2.50 bits per heavy atom. The van der Waals surface area contributed by atoms with Gasteiger partial charge in [-0.2, -0.15) is 0 Å². The molecule has 0 saturated carbocycles. The first kappa shape index (κ1) is 13.6. The Morgan fingerprint density at radius 2 is 2.00 bits per heavy atom. The van der Waals surface area contributed by atoms with Crippen LogP contribution in [0.25, 0.3) is 0 Å².